The Hall–Kier alpha value is -1.79. The highest BCUT2D eigenvalue weighted by Gasteiger charge is 2.45. The van der Waals surface area contributed by atoms with E-state index in [2.05, 4.69) is 4.90 Å². The van der Waals surface area contributed by atoms with Crippen molar-refractivity contribution < 1.29 is 19.4 Å². The van der Waals surface area contributed by atoms with E-state index in [0.717, 1.165) is 37.2 Å². The predicted molar refractivity (Wildman–Crippen MR) is 101 cm³/mol. The fourth-order valence-electron chi connectivity index (χ4n) is 3.72. The van der Waals surface area contributed by atoms with Crippen molar-refractivity contribution in [2.45, 2.75) is 31.8 Å². The van der Waals surface area contributed by atoms with Crippen LogP contribution < -0.4 is 4.74 Å². The third-order valence-corrected chi connectivity index (χ3v) is 5.15. The Morgan fingerprint density at radius 2 is 2.00 bits per heavy atom. The third-order valence-electron chi connectivity index (χ3n) is 5.15. The van der Waals surface area contributed by atoms with E-state index in [1.54, 1.807) is 13.0 Å². The summed E-state index contributed by atoms with van der Waals surface area (Å²) in [6.45, 7) is 5.43. The molecule has 0 aliphatic carbocycles. The van der Waals surface area contributed by atoms with Crippen molar-refractivity contribution in [1.82, 2.24) is 4.90 Å². The fourth-order valence-corrected chi connectivity index (χ4v) is 3.72. The molecule has 139 valence electrons. The van der Waals surface area contributed by atoms with Gasteiger partial charge in [-0.1, -0.05) is 18.2 Å². The molecule has 3 radical (unpaired) electrons. The number of esters is 1. The molecule has 0 spiro atoms. The lowest BCUT2D eigenvalue weighted by molar-refractivity contribution is -0.137. The molecule has 0 saturated carbocycles. The zero-order chi connectivity index (χ0) is 17.7. The van der Waals surface area contributed by atoms with Crippen LogP contribution in [0.1, 0.15) is 25.3 Å². The standard InChI is InChI=1S/C20H27NO4.B/c1-2-24-19(22)5-3-4-16-6-8-18(9-7-16)25-15-20(23)14-21-12-10-17(20)11-13-21;/h3,5-9,17,23H,2,4,10-15H2,1H3;/b5-3+;. The van der Waals surface area contributed by atoms with Crippen LogP contribution in [-0.2, 0) is 16.0 Å². The molecule has 1 aromatic carbocycles. The molecule has 1 N–H and O–H groups in total. The zero-order valence-electron chi connectivity index (χ0n) is 15.4. The van der Waals surface area contributed by atoms with Gasteiger partial charge in [-0.25, -0.2) is 4.79 Å². The second kappa shape index (κ2) is 9.24. The van der Waals surface area contributed by atoms with Crippen LogP contribution in [0.25, 0.3) is 0 Å². The number of benzene rings is 1. The smallest absolute Gasteiger partial charge is 0.330 e. The molecule has 1 unspecified atom stereocenters. The Morgan fingerprint density at radius 1 is 1.31 bits per heavy atom. The van der Waals surface area contributed by atoms with Crippen LogP contribution in [0.3, 0.4) is 0 Å². The maximum Gasteiger partial charge on any atom is 0.330 e. The Morgan fingerprint density at radius 3 is 2.58 bits per heavy atom. The number of carbonyl (C=O) groups excluding carboxylic acids is 1. The van der Waals surface area contributed by atoms with Crippen LogP contribution >= 0.6 is 0 Å². The molecule has 3 aliphatic heterocycles. The molecule has 2 bridgehead atoms. The van der Waals surface area contributed by atoms with E-state index >= 15 is 0 Å². The van der Waals surface area contributed by atoms with Crippen LogP contribution in [0.15, 0.2) is 36.4 Å². The average Bonchev–Trinajstić information content (AvgIpc) is 2.62. The van der Waals surface area contributed by atoms with Gasteiger partial charge in [-0.2, -0.15) is 0 Å². The molecule has 5 nitrogen and oxygen atoms in total. The number of aliphatic hydroxyl groups is 1. The number of rotatable bonds is 7. The minimum absolute atomic E-state index is 0. The number of ether oxygens (including phenoxy) is 2. The van der Waals surface area contributed by atoms with Crippen molar-refractivity contribution in [3.05, 3.63) is 42.0 Å². The Labute approximate surface area is 157 Å². The lowest BCUT2D eigenvalue weighted by Crippen LogP contribution is -2.61. The summed E-state index contributed by atoms with van der Waals surface area (Å²) in [5.74, 6) is 0.806. The lowest BCUT2D eigenvalue weighted by atomic mass is 9.76. The molecule has 1 atom stereocenters. The quantitative estimate of drug-likeness (QED) is 0.459. The maximum absolute atomic E-state index is 11.3. The molecule has 4 rings (SSSR count). The first-order valence-electron chi connectivity index (χ1n) is 9.09. The van der Waals surface area contributed by atoms with Crippen LogP contribution in [0, 0.1) is 5.92 Å². The van der Waals surface area contributed by atoms with Gasteiger partial charge in [0.2, 0.25) is 0 Å². The molecule has 3 saturated heterocycles. The predicted octanol–water partition coefficient (Wildman–Crippen LogP) is 1.80. The average molecular weight is 356 g/mol. The molecule has 3 fully saturated rings. The molecule has 3 heterocycles. The SMILES string of the molecule is CCOC(=O)/C=C/Cc1ccc(OCC2(O)CN3CCC2CC3)cc1.[B]. The fraction of sp³-hybridized carbons (Fsp3) is 0.550. The zero-order valence-corrected chi connectivity index (χ0v) is 15.4. The van der Waals surface area contributed by atoms with E-state index in [9.17, 15) is 9.90 Å². The lowest BCUT2D eigenvalue weighted by Gasteiger charge is -2.50. The molecule has 3 aliphatic rings. The van der Waals surface area contributed by atoms with E-state index in [0.29, 0.717) is 32.1 Å². The minimum atomic E-state index is -0.725. The first-order valence-corrected chi connectivity index (χ1v) is 9.09. The molecule has 0 aromatic heterocycles. The summed E-state index contributed by atoms with van der Waals surface area (Å²) >= 11 is 0. The van der Waals surface area contributed by atoms with E-state index in [4.69, 9.17) is 9.47 Å². The van der Waals surface area contributed by atoms with Gasteiger partial charge in [-0.05, 0) is 62.9 Å². The molecule has 6 heteroatoms. The van der Waals surface area contributed by atoms with E-state index in [-0.39, 0.29) is 14.4 Å². The molecular formula is C20H27BNO4. The number of allylic oxidation sites excluding steroid dienone is 1. The van der Waals surface area contributed by atoms with Gasteiger partial charge in [-0.3, -0.25) is 0 Å². The van der Waals surface area contributed by atoms with E-state index < -0.39 is 5.60 Å². The molecule has 0 amide bonds. The topological polar surface area (TPSA) is 59.0 Å². The monoisotopic (exact) mass is 356 g/mol. The largest absolute Gasteiger partial charge is 0.491 e. The summed E-state index contributed by atoms with van der Waals surface area (Å²) in [6, 6.07) is 7.79. The van der Waals surface area contributed by atoms with Gasteiger partial charge in [0.15, 0.2) is 0 Å². The van der Waals surface area contributed by atoms with Gasteiger partial charge in [0, 0.05) is 21.0 Å². The third kappa shape index (κ3) is 5.11. The van der Waals surface area contributed by atoms with E-state index in [1.807, 2.05) is 24.3 Å². The number of hydrogen-bond donors (Lipinski definition) is 1. The van der Waals surface area contributed by atoms with Crippen LogP contribution in [0.5, 0.6) is 5.75 Å². The normalized spacial score (nSPS) is 27.2. The van der Waals surface area contributed by atoms with Gasteiger partial charge in [-0.15, -0.1) is 0 Å². The van der Waals surface area contributed by atoms with Gasteiger partial charge in [0.05, 0.1) is 6.61 Å². The number of piperidine rings is 3. The van der Waals surface area contributed by atoms with Gasteiger partial charge in [0.1, 0.15) is 18.0 Å². The van der Waals surface area contributed by atoms with Crippen molar-refractivity contribution in [3.63, 3.8) is 0 Å². The van der Waals surface area contributed by atoms with Crippen LogP contribution in [0.2, 0.25) is 0 Å². The first kappa shape index (κ1) is 20.5. The number of carbonyl (C=O) groups is 1. The first-order chi connectivity index (χ1) is 12.1. The second-order valence-electron chi connectivity index (χ2n) is 6.95. The maximum atomic E-state index is 11.3. The molecular weight excluding hydrogens is 329 g/mol. The summed E-state index contributed by atoms with van der Waals surface area (Å²) in [7, 11) is 0. The van der Waals surface area contributed by atoms with Gasteiger partial charge < -0.3 is 19.5 Å². The summed E-state index contributed by atoms with van der Waals surface area (Å²) in [5.41, 5.74) is 0.367. The Bertz CT molecular complexity index is 611. The molecule has 1 aromatic rings. The highest BCUT2D eigenvalue weighted by atomic mass is 16.5. The van der Waals surface area contributed by atoms with Crippen LogP contribution in [0.4, 0.5) is 0 Å². The second-order valence-corrected chi connectivity index (χ2v) is 6.95. The van der Waals surface area contributed by atoms with Gasteiger partial charge >= 0.3 is 5.97 Å². The highest BCUT2D eigenvalue weighted by Crippen LogP contribution is 2.36. The number of nitrogens with zero attached hydrogens (tertiary/aromatic N) is 1. The number of hydrogen-bond acceptors (Lipinski definition) is 5. The summed E-state index contributed by atoms with van der Waals surface area (Å²) in [4.78, 5) is 13.6. The molecule has 26 heavy (non-hydrogen) atoms. The number of fused-ring (bicyclic) bond motifs is 3. The highest BCUT2D eigenvalue weighted by molar-refractivity contribution is 5.81. The van der Waals surface area contributed by atoms with Gasteiger partial charge in [0.25, 0.3) is 0 Å². The Kier molecular flexibility index (Phi) is 7.29. The van der Waals surface area contributed by atoms with Crippen molar-refractivity contribution >= 4 is 14.4 Å². The van der Waals surface area contributed by atoms with E-state index in [1.165, 1.54) is 6.08 Å². The van der Waals surface area contributed by atoms with Crippen LogP contribution in [-0.4, -0.2) is 62.8 Å². The summed E-state index contributed by atoms with van der Waals surface area (Å²) in [6.07, 6.45) is 6.04. The minimum Gasteiger partial charge on any atom is -0.491 e. The summed E-state index contributed by atoms with van der Waals surface area (Å²) < 4.78 is 10.7. The summed E-state index contributed by atoms with van der Waals surface area (Å²) in [5, 5.41) is 10.9. The van der Waals surface area contributed by atoms with Crippen molar-refractivity contribution in [2.75, 3.05) is 32.8 Å². The van der Waals surface area contributed by atoms with Crippen molar-refractivity contribution in [2.24, 2.45) is 5.92 Å². The Balaban J connectivity index is 0.00000243. The van der Waals surface area contributed by atoms with Crippen molar-refractivity contribution in [1.29, 1.82) is 0 Å². The van der Waals surface area contributed by atoms with Crippen molar-refractivity contribution in [3.8, 4) is 5.75 Å².